The van der Waals surface area contributed by atoms with Crippen LogP contribution < -0.4 is 10.2 Å². The summed E-state index contributed by atoms with van der Waals surface area (Å²) in [4.78, 5) is 14.5. The average Bonchev–Trinajstić information content (AvgIpc) is 2.61. The Hall–Kier alpha value is -1.52. The summed E-state index contributed by atoms with van der Waals surface area (Å²) in [5.74, 6) is 0. The fraction of sp³-hybridized carbons (Fsp3) is 0.154. The first-order chi connectivity index (χ1) is 8.68. The lowest BCUT2D eigenvalue weighted by Gasteiger charge is -2.19. The van der Waals surface area contributed by atoms with E-state index in [1.165, 1.54) is 4.88 Å². The molecular weight excluding hydrogens is 268 g/mol. The van der Waals surface area contributed by atoms with Crippen LogP contribution in [0.5, 0.6) is 0 Å². The molecule has 0 atom stereocenters. The Morgan fingerprint density at radius 1 is 1.39 bits per heavy atom. The number of nitrogens with one attached hydrogen (secondary N) is 1. The number of benzene rings is 1. The lowest BCUT2D eigenvalue weighted by atomic mass is 10.2. The second-order valence-corrected chi connectivity index (χ2v) is 5.52. The molecule has 3 rings (SSSR count). The third-order valence-corrected chi connectivity index (χ3v) is 4.21. The van der Waals surface area contributed by atoms with Gasteiger partial charge in [-0.3, -0.25) is 9.69 Å². The molecule has 1 aliphatic heterocycles. The Morgan fingerprint density at radius 2 is 2.17 bits per heavy atom. The maximum Gasteiger partial charge on any atom is 0.325 e. The molecule has 2 aromatic rings. The first-order valence-corrected chi connectivity index (χ1v) is 6.83. The summed E-state index contributed by atoms with van der Waals surface area (Å²) >= 11 is 7.39. The van der Waals surface area contributed by atoms with Crippen LogP contribution in [0.4, 0.5) is 21.9 Å². The van der Waals surface area contributed by atoms with E-state index in [1.807, 2.05) is 29.6 Å². The number of nitrogens with zero attached hydrogens (tertiary/aromatic N) is 1. The van der Waals surface area contributed by atoms with Gasteiger partial charge < -0.3 is 5.32 Å². The number of anilines is 3. The molecule has 0 unspecified atom stereocenters. The molecule has 3 nitrogen and oxygen atoms in total. The number of para-hydroxylation sites is 2. The van der Waals surface area contributed by atoms with Crippen LogP contribution in [0.2, 0.25) is 0 Å². The zero-order chi connectivity index (χ0) is 12.7. The van der Waals surface area contributed by atoms with Gasteiger partial charge in [0.25, 0.3) is 0 Å². The van der Waals surface area contributed by atoms with Gasteiger partial charge in [-0.25, -0.2) is 0 Å². The van der Waals surface area contributed by atoms with E-state index in [2.05, 4.69) is 12.2 Å². The molecule has 1 amide bonds. The zero-order valence-corrected chi connectivity index (χ0v) is 11.3. The second-order valence-electron chi connectivity index (χ2n) is 4.11. The molecule has 0 aliphatic carbocycles. The van der Waals surface area contributed by atoms with Crippen molar-refractivity contribution in [3.05, 3.63) is 40.1 Å². The number of hydrogen-bond donors (Lipinski definition) is 1. The summed E-state index contributed by atoms with van der Waals surface area (Å²) in [7, 11) is 0. The van der Waals surface area contributed by atoms with Crippen molar-refractivity contribution in [3.63, 3.8) is 0 Å². The molecule has 0 fully saturated rings. The highest BCUT2D eigenvalue weighted by Crippen LogP contribution is 2.41. The molecule has 1 aliphatic rings. The highest BCUT2D eigenvalue weighted by Gasteiger charge is 2.26. The number of halogens is 1. The van der Waals surface area contributed by atoms with Crippen LogP contribution in [0.3, 0.4) is 0 Å². The SMILES string of the molecule is Cc1scc2c1CNc1ccccc1N2C(=O)Cl. The van der Waals surface area contributed by atoms with Gasteiger partial charge in [0.2, 0.25) is 0 Å². The monoisotopic (exact) mass is 278 g/mol. The van der Waals surface area contributed by atoms with Gasteiger partial charge in [-0.15, -0.1) is 11.3 Å². The van der Waals surface area contributed by atoms with Crippen molar-refractivity contribution in [1.29, 1.82) is 0 Å². The predicted octanol–water partition coefficient (Wildman–Crippen LogP) is 4.48. The van der Waals surface area contributed by atoms with Crippen LogP contribution in [-0.2, 0) is 6.54 Å². The number of fused-ring (bicyclic) bond motifs is 2. The first kappa shape index (κ1) is 11.6. The second kappa shape index (κ2) is 4.30. The van der Waals surface area contributed by atoms with E-state index in [0.717, 1.165) is 22.6 Å². The number of rotatable bonds is 0. The molecule has 1 aromatic heterocycles. The molecule has 92 valence electrons. The van der Waals surface area contributed by atoms with Crippen molar-refractivity contribution in [2.45, 2.75) is 13.5 Å². The van der Waals surface area contributed by atoms with E-state index in [-0.39, 0.29) is 0 Å². The number of amides is 1. The topological polar surface area (TPSA) is 32.3 Å². The Morgan fingerprint density at radius 3 is 2.94 bits per heavy atom. The van der Waals surface area contributed by atoms with E-state index in [4.69, 9.17) is 11.6 Å². The normalized spacial score (nSPS) is 13.3. The summed E-state index contributed by atoms with van der Waals surface area (Å²) < 4.78 is 0. The van der Waals surface area contributed by atoms with Crippen LogP contribution in [0.25, 0.3) is 0 Å². The van der Waals surface area contributed by atoms with E-state index in [1.54, 1.807) is 16.2 Å². The molecule has 0 radical (unpaired) electrons. The summed E-state index contributed by atoms with van der Waals surface area (Å²) in [5, 5.41) is 4.85. The molecule has 0 saturated carbocycles. The number of carbonyl (C=O) groups excluding carboxylic acids is 1. The number of hydrogen-bond acceptors (Lipinski definition) is 3. The van der Waals surface area contributed by atoms with Crippen molar-refractivity contribution < 1.29 is 4.79 Å². The summed E-state index contributed by atoms with van der Waals surface area (Å²) in [6.45, 7) is 2.76. The molecular formula is C13H11ClN2OS. The van der Waals surface area contributed by atoms with Crippen molar-refractivity contribution in [3.8, 4) is 0 Å². The van der Waals surface area contributed by atoms with Crippen LogP contribution >= 0.6 is 22.9 Å². The predicted molar refractivity (Wildman–Crippen MR) is 76.2 cm³/mol. The van der Waals surface area contributed by atoms with Gasteiger partial charge >= 0.3 is 5.37 Å². The van der Waals surface area contributed by atoms with E-state index in [9.17, 15) is 4.79 Å². The minimum atomic E-state index is -0.481. The largest absolute Gasteiger partial charge is 0.379 e. The van der Waals surface area contributed by atoms with Gasteiger partial charge in [0, 0.05) is 22.4 Å². The first-order valence-electron chi connectivity index (χ1n) is 5.58. The minimum absolute atomic E-state index is 0.481. The third kappa shape index (κ3) is 1.69. The molecule has 0 bridgehead atoms. The van der Waals surface area contributed by atoms with E-state index < -0.39 is 5.37 Å². The molecule has 0 saturated heterocycles. The lowest BCUT2D eigenvalue weighted by Crippen LogP contribution is -2.19. The van der Waals surface area contributed by atoms with Crippen LogP contribution in [0, 0.1) is 6.92 Å². The van der Waals surface area contributed by atoms with Gasteiger partial charge in [0.1, 0.15) is 0 Å². The van der Waals surface area contributed by atoms with Crippen LogP contribution in [0.1, 0.15) is 10.4 Å². The molecule has 0 spiro atoms. The average molecular weight is 279 g/mol. The molecule has 1 aromatic carbocycles. The van der Waals surface area contributed by atoms with Crippen LogP contribution in [0.15, 0.2) is 29.6 Å². The highest BCUT2D eigenvalue weighted by molar-refractivity contribution is 7.10. The number of aryl methyl sites for hydroxylation is 1. The molecule has 1 N–H and O–H groups in total. The smallest absolute Gasteiger partial charge is 0.325 e. The maximum absolute atomic E-state index is 11.8. The third-order valence-electron chi connectivity index (χ3n) is 3.10. The van der Waals surface area contributed by atoms with Gasteiger partial charge in [0.05, 0.1) is 17.1 Å². The fourth-order valence-corrected chi connectivity index (χ4v) is 3.23. The van der Waals surface area contributed by atoms with Crippen molar-refractivity contribution in [1.82, 2.24) is 0 Å². The zero-order valence-electron chi connectivity index (χ0n) is 9.74. The van der Waals surface area contributed by atoms with Gasteiger partial charge in [-0.2, -0.15) is 0 Å². The minimum Gasteiger partial charge on any atom is -0.379 e. The van der Waals surface area contributed by atoms with Gasteiger partial charge in [-0.05, 0) is 30.7 Å². The highest BCUT2D eigenvalue weighted by atomic mass is 35.5. The van der Waals surface area contributed by atoms with Crippen LogP contribution in [-0.4, -0.2) is 5.37 Å². The number of carbonyl (C=O) groups is 1. The standard InChI is InChI=1S/C13H11ClN2OS/c1-8-9-6-15-10-4-2-3-5-11(10)16(13(14)17)12(9)7-18-8/h2-5,7,15H,6H2,1H3. The van der Waals surface area contributed by atoms with E-state index >= 15 is 0 Å². The molecule has 18 heavy (non-hydrogen) atoms. The van der Waals surface area contributed by atoms with Gasteiger partial charge in [-0.1, -0.05) is 12.1 Å². The van der Waals surface area contributed by atoms with Crippen molar-refractivity contribution >= 4 is 45.4 Å². The maximum atomic E-state index is 11.8. The summed E-state index contributed by atoms with van der Waals surface area (Å²) in [5.41, 5.74) is 3.74. The van der Waals surface area contributed by atoms with Crippen molar-refractivity contribution in [2.75, 3.05) is 10.2 Å². The Labute approximate surface area is 114 Å². The van der Waals surface area contributed by atoms with Gasteiger partial charge in [0.15, 0.2) is 0 Å². The fourth-order valence-electron chi connectivity index (χ4n) is 2.19. The Bertz CT molecular complexity index is 623. The Kier molecular flexibility index (Phi) is 2.76. The lowest BCUT2D eigenvalue weighted by molar-refractivity contribution is 0.266. The van der Waals surface area contributed by atoms with Crippen molar-refractivity contribution in [2.24, 2.45) is 0 Å². The summed E-state index contributed by atoms with van der Waals surface area (Å²) in [6.07, 6.45) is 0. The van der Waals surface area contributed by atoms with E-state index in [0.29, 0.717) is 6.54 Å². The molecule has 2 heterocycles. The Balaban J connectivity index is 2.24. The molecule has 5 heteroatoms. The quantitative estimate of drug-likeness (QED) is 0.569. The number of thiophene rings is 1. The summed E-state index contributed by atoms with van der Waals surface area (Å²) in [6, 6.07) is 7.68.